The summed E-state index contributed by atoms with van der Waals surface area (Å²) in [7, 11) is 1.82. The number of urea groups is 2. The van der Waals surface area contributed by atoms with Gasteiger partial charge in [-0.05, 0) is 146 Å². The predicted octanol–water partition coefficient (Wildman–Crippen LogP) is 9.14. The maximum atomic E-state index is 14.8. The third kappa shape index (κ3) is 12.7. The van der Waals surface area contributed by atoms with Gasteiger partial charge >= 0.3 is 36.4 Å². The van der Waals surface area contributed by atoms with Crippen molar-refractivity contribution in [3.63, 3.8) is 0 Å². The number of benzene rings is 4. The molecule has 0 saturated carbocycles. The van der Waals surface area contributed by atoms with Crippen LogP contribution in [0.5, 0.6) is 0 Å². The molecule has 4 aliphatic heterocycles. The number of nitrogens with zero attached hydrogens (tertiary/aromatic N) is 7. The molecule has 4 aromatic carbocycles. The van der Waals surface area contributed by atoms with E-state index in [2.05, 4.69) is 0 Å². The molecule has 17 nitrogen and oxygen atoms in total. The van der Waals surface area contributed by atoms with E-state index >= 15 is 0 Å². The van der Waals surface area contributed by atoms with Gasteiger partial charge in [0.1, 0.15) is 24.3 Å². The minimum Gasteiger partial charge on any atom is -0.459 e. The minimum absolute atomic E-state index is 0.0789. The first-order valence-corrected chi connectivity index (χ1v) is 25.8. The molecule has 0 aliphatic carbocycles. The second-order valence-corrected chi connectivity index (χ2v) is 22.1. The number of anilines is 4. The molecule has 4 N–H and O–H groups in total. The molecule has 8 rings (SSSR count). The number of halogens is 6. The lowest BCUT2D eigenvalue weighted by atomic mass is 9.93. The monoisotopic (exact) mass is 1120 g/mol. The number of esters is 2. The third-order valence-corrected chi connectivity index (χ3v) is 13.7. The topological polar surface area (TPSA) is 196 Å². The number of hydrogen-bond donors (Lipinski definition) is 2. The summed E-state index contributed by atoms with van der Waals surface area (Å²) < 4.78 is 96.0. The van der Waals surface area contributed by atoms with E-state index in [0.717, 1.165) is 56.0 Å². The second kappa shape index (κ2) is 22.2. The number of hydrogen-bond acceptors (Lipinski definition) is 11. The third-order valence-electron chi connectivity index (χ3n) is 13.7. The van der Waals surface area contributed by atoms with Crippen molar-refractivity contribution in [2.45, 2.75) is 90.0 Å². The largest absolute Gasteiger partial charge is 0.459 e. The molecule has 0 bridgehead atoms. The minimum atomic E-state index is -4.77. The van der Waals surface area contributed by atoms with Gasteiger partial charge in [-0.2, -0.15) is 26.3 Å². The van der Waals surface area contributed by atoms with Crippen molar-refractivity contribution in [3.05, 3.63) is 142 Å². The number of carbonyl (C=O) groups is 6. The molecule has 0 fully saturated rings. The van der Waals surface area contributed by atoms with E-state index in [1.165, 1.54) is 21.9 Å². The zero-order chi connectivity index (χ0) is 58.4. The average molecular weight is 1120 g/mol. The van der Waals surface area contributed by atoms with Crippen molar-refractivity contribution in [2.24, 2.45) is 0 Å². The normalized spacial score (nSPS) is 18.3. The average Bonchev–Trinajstić information content (AvgIpc) is 4.04. The van der Waals surface area contributed by atoms with Crippen LogP contribution in [0.15, 0.2) is 120 Å². The highest BCUT2D eigenvalue weighted by Gasteiger charge is 2.52. The van der Waals surface area contributed by atoms with Crippen LogP contribution in [-0.2, 0) is 41.0 Å². The van der Waals surface area contributed by atoms with E-state index in [-0.39, 0.29) is 60.1 Å². The Morgan fingerprint density at radius 2 is 0.912 bits per heavy atom. The van der Waals surface area contributed by atoms with Crippen LogP contribution in [0.3, 0.4) is 0 Å². The summed E-state index contributed by atoms with van der Waals surface area (Å²) in [6.45, 7) is 9.27. The molecule has 23 heteroatoms. The molecule has 6 amide bonds. The quantitative estimate of drug-likeness (QED) is 0.0617. The van der Waals surface area contributed by atoms with E-state index in [0.29, 0.717) is 48.4 Å². The fourth-order valence-corrected chi connectivity index (χ4v) is 10.3. The first-order chi connectivity index (χ1) is 37.4. The lowest BCUT2D eigenvalue weighted by molar-refractivity contribution is -0.156. The highest BCUT2D eigenvalue weighted by Crippen LogP contribution is 2.47. The summed E-state index contributed by atoms with van der Waals surface area (Å²) in [4.78, 5) is 95.3. The van der Waals surface area contributed by atoms with Crippen LogP contribution in [0.1, 0.15) is 88.7 Å². The Kier molecular flexibility index (Phi) is 16.1. The first-order valence-electron chi connectivity index (χ1n) is 25.8. The van der Waals surface area contributed by atoms with E-state index in [1.807, 2.05) is 11.9 Å². The second-order valence-electron chi connectivity index (χ2n) is 22.1. The van der Waals surface area contributed by atoms with Crippen LogP contribution in [0, 0.1) is 0 Å². The number of rotatable bonds is 16. The number of nitrogens with two attached hydrogens (primary N) is 2. The van der Waals surface area contributed by atoms with E-state index in [4.69, 9.17) is 20.9 Å². The van der Waals surface area contributed by atoms with Gasteiger partial charge in [-0.3, -0.25) is 29.0 Å². The van der Waals surface area contributed by atoms with Gasteiger partial charge in [-0.15, -0.1) is 0 Å². The summed E-state index contributed by atoms with van der Waals surface area (Å²) >= 11 is 0. The van der Waals surface area contributed by atoms with E-state index < -0.39 is 95.7 Å². The van der Waals surface area contributed by atoms with Crippen LogP contribution < -0.4 is 21.3 Å². The Morgan fingerprint density at radius 3 is 1.24 bits per heavy atom. The molecule has 80 heavy (non-hydrogen) atoms. The van der Waals surface area contributed by atoms with Crippen molar-refractivity contribution in [1.82, 2.24) is 24.5 Å². The van der Waals surface area contributed by atoms with Gasteiger partial charge < -0.3 is 45.4 Å². The first kappa shape index (κ1) is 58.1. The highest BCUT2D eigenvalue weighted by atomic mass is 19.4. The lowest BCUT2D eigenvalue weighted by Crippen LogP contribution is -2.52. The highest BCUT2D eigenvalue weighted by molar-refractivity contribution is 6.09. The molecule has 4 aliphatic rings. The number of amides is 6. The van der Waals surface area contributed by atoms with Gasteiger partial charge in [0.25, 0.3) is 11.8 Å². The van der Waals surface area contributed by atoms with Crippen molar-refractivity contribution in [2.75, 3.05) is 80.7 Å². The van der Waals surface area contributed by atoms with Gasteiger partial charge in [0.15, 0.2) is 0 Å². The fraction of sp³-hybridized carbons (Fsp3) is 0.404. The Bertz CT molecular complexity index is 2920. The summed E-state index contributed by atoms with van der Waals surface area (Å²) in [5.41, 5.74) is 9.75. The molecular formula is C57H63F6N9O8. The standard InChI is InChI=1S/C57H63F6N9O8/c1-54(2,3)79-44(73)32-69-48(34-16-20-38(64)21-17-34)46-42(71(52(69)77)40-14-8-12-36(28-40)56(58,59)60)30-67(50(46)75)26-10-24-66(7)25-11-27-68-31-43-47(51(68)76)49(35-18-22-39(65)23-19-35)70(33-45(74)80-55(4,5)6)53(78)72(43)41-15-9-13-37(29-41)57(61,62)63/h8-9,12-23,28-29,48-49H,10-11,24-27,30-33,64-65H2,1-7H3/t48-,49-/m1/s1. The molecule has 2 atom stereocenters. The maximum absolute atomic E-state index is 14.8. The number of nitrogen functional groups attached to an aromatic ring is 2. The van der Waals surface area contributed by atoms with Crippen molar-refractivity contribution >= 4 is 58.6 Å². The summed E-state index contributed by atoms with van der Waals surface area (Å²) in [5, 5.41) is 0. The number of carbonyl (C=O) groups excluding carboxylic acids is 6. The smallest absolute Gasteiger partial charge is 0.416 e. The van der Waals surface area contributed by atoms with E-state index in [1.54, 1.807) is 90.1 Å². The van der Waals surface area contributed by atoms with E-state index in [9.17, 15) is 55.1 Å². The Hall–Kier alpha value is -8.08. The Balaban J connectivity index is 1.00. The van der Waals surface area contributed by atoms with Crippen LogP contribution in [0.25, 0.3) is 0 Å². The molecule has 4 heterocycles. The van der Waals surface area contributed by atoms with Crippen molar-refractivity contribution in [1.29, 1.82) is 0 Å². The summed E-state index contributed by atoms with van der Waals surface area (Å²) in [6.07, 6.45) is -8.80. The molecule has 426 valence electrons. The Labute approximate surface area is 458 Å². The van der Waals surface area contributed by atoms with Crippen LogP contribution in [-0.4, -0.2) is 131 Å². The van der Waals surface area contributed by atoms with Gasteiger partial charge in [-0.25, -0.2) is 9.59 Å². The maximum Gasteiger partial charge on any atom is 0.416 e. The zero-order valence-electron chi connectivity index (χ0n) is 45.3. The lowest BCUT2D eigenvalue weighted by Gasteiger charge is -2.41. The molecule has 0 unspecified atom stereocenters. The number of alkyl halides is 6. The van der Waals surface area contributed by atoms with Crippen molar-refractivity contribution in [3.8, 4) is 0 Å². The molecule has 0 radical (unpaired) electrons. The molecule has 0 spiro atoms. The van der Waals surface area contributed by atoms with Crippen molar-refractivity contribution < 1.29 is 64.6 Å². The fourth-order valence-electron chi connectivity index (χ4n) is 10.3. The molecule has 0 aromatic heterocycles. The van der Waals surface area contributed by atoms with Crippen LogP contribution in [0.4, 0.5) is 58.7 Å². The predicted molar refractivity (Wildman–Crippen MR) is 285 cm³/mol. The van der Waals surface area contributed by atoms with Gasteiger partial charge in [0.2, 0.25) is 0 Å². The van der Waals surface area contributed by atoms with Crippen LogP contribution in [0.2, 0.25) is 0 Å². The molecule has 4 aromatic rings. The van der Waals surface area contributed by atoms with Gasteiger partial charge in [-0.1, -0.05) is 36.4 Å². The molecular weight excluding hydrogens is 1050 g/mol. The van der Waals surface area contributed by atoms with Crippen LogP contribution >= 0.6 is 0 Å². The molecule has 0 saturated heterocycles. The zero-order valence-corrected chi connectivity index (χ0v) is 45.3. The summed E-state index contributed by atoms with van der Waals surface area (Å²) in [5.74, 6) is -2.64. The SMILES string of the molecule is CN(CCCN1CC2=C(C1=O)[C@@H](c1ccc(N)cc1)N(CC(=O)OC(C)(C)C)C(=O)N2c1cccc(C(F)(F)F)c1)CCCN1CC2=C(C1=O)[C@@H](c1ccc(N)cc1)N(CC(=O)OC(C)(C)C)C(=O)N2c1cccc(C(F)(F)F)c1. The summed E-state index contributed by atoms with van der Waals surface area (Å²) in [6, 6.07) is 17.0. The number of ether oxygens (including phenoxy) is 2. The van der Waals surface area contributed by atoms with Gasteiger partial charge in [0, 0.05) is 24.5 Å². The Morgan fingerprint density at radius 1 is 0.562 bits per heavy atom. The van der Waals surface area contributed by atoms with Gasteiger partial charge in [0.05, 0.1) is 70.2 Å².